The molecule has 2 aliphatic rings. The van der Waals surface area contributed by atoms with Crippen LogP contribution in [0.15, 0.2) is 18.2 Å². The van der Waals surface area contributed by atoms with Gasteiger partial charge in [0.25, 0.3) is 0 Å². The van der Waals surface area contributed by atoms with Gasteiger partial charge in [-0.2, -0.15) is 0 Å². The van der Waals surface area contributed by atoms with Gasteiger partial charge in [-0.1, -0.05) is 17.7 Å². The van der Waals surface area contributed by atoms with E-state index < -0.39 is 23.7 Å². The zero-order chi connectivity index (χ0) is 14.5. The average Bonchev–Trinajstić information content (AvgIpc) is 2.38. The summed E-state index contributed by atoms with van der Waals surface area (Å²) >= 11 is 0. The van der Waals surface area contributed by atoms with Crippen LogP contribution in [0.5, 0.6) is 5.75 Å². The molecule has 0 saturated carbocycles. The fraction of sp³-hybridized carbons (Fsp3) is 0.429. The van der Waals surface area contributed by atoms with Crippen molar-refractivity contribution in [3.8, 4) is 5.75 Å². The van der Waals surface area contributed by atoms with Gasteiger partial charge in [-0.25, -0.2) is 4.79 Å². The number of urea groups is 1. The topological polar surface area (TPSA) is 76.7 Å². The molecule has 0 aromatic heterocycles. The molecule has 6 heteroatoms. The molecular formula is C14H16N2O4. The van der Waals surface area contributed by atoms with Crippen molar-refractivity contribution in [2.75, 3.05) is 7.11 Å². The number of aryl methyl sites for hydroxylation is 1. The second kappa shape index (κ2) is 4.13. The predicted octanol–water partition coefficient (Wildman–Crippen LogP) is 1.25. The number of amides is 2. The fourth-order valence-corrected chi connectivity index (χ4v) is 2.95. The summed E-state index contributed by atoms with van der Waals surface area (Å²) in [6.07, 6.45) is 0. The maximum absolute atomic E-state index is 12.1. The van der Waals surface area contributed by atoms with E-state index in [1.807, 2.05) is 25.1 Å². The zero-order valence-corrected chi connectivity index (χ0v) is 11.5. The molecule has 2 amide bonds. The second-order valence-electron chi connectivity index (χ2n) is 5.33. The highest BCUT2D eigenvalue weighted by Crippen LogP contribution is 2.45. The van der Waals surface area contributed by atoms with E-state index in [1.54, 1.807) is 6.92 Å². The minimum Gasteiger partial charge on any atom is -0.469 e. The number of hydrogen-bond acceptors (Lipinski definition) is 4. The van der Waals surface area contributed by atoms with E-state index in [9.17, 15) is 9.59 Å². The Balaban J connectivity index is 2.16. The zero-order valence-electron chi connectivity index (χ0n) is 11.5. The number of esters is 1. The van der Waals surface area contributed by atoms with Gasteiger partial charge < -0.3 is 14.8 Å². The quantitative estimate of drug-likeness (QED) is 0.757. The third-order valence-electron chi connectivity index (χ3n) is 3.85. The number of hydrogen-bond donors (Lipinski definition) is 2. The first-order valence-corrected chi connectivity index (χ1v) is 6.40. The number of fused-ring (bicyclic) bond motifs is 4. The minimum atomic E-state index is -1.11. The van der Waals surface area contributed by atoms with Crippen LogP contribution >= 0.6 is 0 Å². The molecule has 2 aliphatic heterocycles. The Morgan fingerprint density at radius 1 is 1.45 bits per heavy atom. The first-order valence-electron chi connectivity index (χ1n) is 6.40. The number of benzene rings is 1. The third kappa shape index (κ3) is 1.71. The lowest BCUT2D eigenvalue weighted by molar-refractivity contribution is -0.160. The number of nitrogens with one attached hydrogen (secondary N) is 2. The molecule has 106 valence electrons. The predicted molar refractivity (Wildman–Crippen MR) is 70.1 cm³/mol. The van der Waals surface area contributed by atoms with E-state index in [-0.39, 0.29) is 6.03 Å². The normalized spacial score (nSPS) is 30.4. The molecule has 0 radical (unpaired) electrons. The summed E-state index contributed by atoms with van der Waals surface area (Å²) in [5, 5.41) is 5.46. The van der Waals surface area contributed by atoms with E-state index in [2.05, 4.69) is 10.6 Å². The molecule has 1 aromatic carbocycles. The highest BCUT2D eigenvalue weighted by Gasteiger charge is 2.56. The van der Waals surface area contributed by atoms with E-state index >= 15 is 0 Å². The molecule has 3 rings (SSSR count). The van der Waals surface area contributed by atoms with Gasteiger partial charge in [-0.05, 0) is 19.9 Å². The van der Waals surface area contributed by atoms with Crippen LogP contribution in [0.4, 0.5) is 4.79 Å². The molecule has 1 saturated heterocycles. The molecule has 20 heavy (non-hydrogen) atoms. The lowest BCUT2D eigenvalue weighted by Gasteiger charge is -2.48. The number of ether oxygens (including phenoxy) is 2. The fourth-order valence-electron chi connectivity index (χ4n) is 2.95. The van der Waals surface area contributed by atoms with Crippen molar-refractivity contribution in [1.29, 1.82) is 0 Å². The Morgan fingerprint density at radius 2 is 2.20 bits per heavy atom. The van der Waals surface area contributed by atoms with Crippen molar-refractivity contribution in [3.05, 3.63) is 29.3 Å². The maximum Gasteiger partial charge on any atom is 0.318 e. The molecule has 1 fully saturated rings. The van der Waals surface area contributed by atoms with Crippen LogP contribution < -0.4 is 15.4 Å². The molecule has 2 bridgehead atoms. The summed E-state index contributed by atoms with van der Waals surface area (Å²) < 4.78 is 10.7. The van der Waals surface area contributed by atoms with Crippen LogP contribution in [0.1, 0.15) is 24.1 Å². The molecule has 2 N–H and O–H groups in total. The average molecular weight is 276 g/mol. The summed E-state index contributed by atoms with van der Waals surface area (Å²) in [5.74, 6) is -0.396. The molecule has 1 aromatic rings. The van der Waals surface area contributed by atoms with Gasteiger partial charge in [0.2, 0.25) is 0 Å². The van der Waals surface area contributed by atoms with Crippen molar-refractivity contribution in [1.82, 2.24) is 10.6 Å². The van der Waals surface area contributed by atoms with Crippen molar-refractivity contribution < 1.29 is 19.1 Å². The standard InChI is InChI=1S/C14H16N2O4/c1-7-4-5-9-8(6-7)11-10(12(17)19-3)14(2,20-9)16-13(18)15-11/h4-6,10-11H,1-3H3,(H2,15,16,18). The molecule has 0 aliphatic carbocycles. The van der Waals surface area contributed by atoms with Crippen molar-refractivity contribution >= 4 is 12.0 Å². The van der Waals surface area contributed by atoms with E-state index in [0.29, 0.717) is 5.75 Å². The lowest BCUT2D eigenvalue weighted by Crippen LogP contribution is -2.70. The van der Waals surface area contributed by atoms with Crippen molar-refractivity contribution in [2.45, 2.75) is 25.6 Å². The van der Waals surface area contributed by atoms with Crippen LogP contribution in [0.3, 0.4) is 0 Å². The molecular weight excluding hydrogens is 260 g/mol. The van der Waals surface area contributed by atoms with Gasteiger partial charge in [0, 0.05) is 5.56 Å². The Morgan fingerprint density at radius 3 is 2.90 bits per heavy atom. The van der Waals surface area contributed by atoms with Gasteiger partial charge in [0.15, 0.2) is 5.72 Å². The summed E-state index contributed by atoms with van der Waals surface area (Å²) in [4.78, 5) is 23.9. The first kappa shape index (κ1) is 12.8. The van der Waals surface area contributed by atoms with Gasteiger partial charge in [0.1, 0.15) is 11.7 Å². The second-order valence-corrected chi connectivity index (χ2v) is 5.33. The maximum atomic E-state index is 12.1. The number of carbonyl (C=O) groups is 2. The summed E-state index contributed by atoms with van der Waals surface area (Å²) in [6.45, 7) is 3.63. The van der Waals surface area contributed by atoms with Crippen molar-refractivity contribution in [3.63, 3.8) is 0 Å². The Labute approximate surface area is 116 Å². The molecule has 0 spiro atoms. The monoisotopic (exact) mass is 276 g/mol. The number of methoxy groups -OCH3 is 1. The first-order chi connectivity index (χ1) is 9.44. The third-order valence-corrected chi connectivity index (χ3v) is 3.85. The highest BCUT2D eigenvalue weighted by molar-refractivity contribution is 5.84. The van der Waals surface area contributed by atoms with E-state index in [4.69, 9.17) is 9.47 Å². The van der Waals surface area contributed by atoms with Crippen LogP contribution in [0.2, 0.25) is 0 Å². The lowest BCUT2D eigenvalue weighted by atomic mass is 9.80. The molecule has 3 unspecified atom stereocenters. The van der Waals surface area contributed by atoms with Gasteiger partial charge in [-0.15, -0.1) is 0 Å². The summed E-state index contributed by atoms with van der Waals surface area (Å²) in [7, 11) is 1.33. The van der Waals surface area contributed by atoms with Crippen molar-refractivity contribution in [2.24, 2.45) is 5.92 Å². The molecule has 3 atom stereocenters. The Kier molecular flexibility index (Phi) is 2.64. The number of rotatable bonds is 1. The van der Waals surface area contributed by atoms with Crippen LogP contribution in [0, 0.1) is 12.8 Å². The SMILES string of the molecule is COC(=O)C1C2NC(=O)NC1(C)Oc1ccc(C)cc12. The van der Waals surface area contributed by atoms with E-state index in [0.717, 1.165) is 11.1 Å². The smallest absolute Gasteiger partial charge is 0.318 e. The number of carbonyl (C=O) groups excluding carboxylic acids is 2. The summed E-state index contributed by atoms with van der Waals surface area (Å²) in [5.41, 5.74) is 0.725. The van der Waals surface area contributed by atoms with Gasteiger partial charge in [-0.3, -0.25) is 10.1 Å². The molecule has 6 nitrogen and oxygen atoms in total. The van der Waals surface area contributed by atoms with E-state index in [1.165, 1.54) is 7.11 Å². The summed E-state index contributed by atoms with van der Waals surface area (Å²) in [6, 6.07) is 4.89. The minimum absolute atomic E-state index is 0.357. The van der Waals surface area contributed by atoms with Crippen LogP contribution in [-0.4, -0.2) is 24.8 Å². The van der Waals surface area contributed by atoms with Gasteiger partial charge >= 0.3 is 12.0 Å². The van der Waals surface area contributed by atoms with Crippen LogP contribution in [0.25, 0.3) is 0 Å². The molecule has 2 heterocycles. The highest BCUT2D eigenvalue weighted by atomic mass is 16.5. The van der Waals surface area contributed by atoms with Crippen LogP contribution in [-0.2, 0) is 9.53 Å². The Bertz CT molecular complexity index is 601. The Hall–Kier alpha value is -2.24. The largest absolute Gasteiger partial charge is 0.469 e. The van der Waals surface area contributed by atoms with Gasteiger partial charge in [0.05, 0.1) is 13.2 Å².